The maximum atomic E-state index is 13.0. The van der Waals surface area contributed by atoms with Crippen molar-refractivity contribution in [1.82, 2.24) is 18.8 Å². The molecular formula is C15H24N4O3S. The van der Waals surface area contributed by atoms with Crippen molar-refractivity contribution >= 4 is 15.9 Å². The maximum absolute atomic E-state index is 13.0. The van der Waals surface area contributed by atoms with Crippen LogP contribution in [0.15, 0.2) is 17.6 Å². The first-order valence-corrected chi connectivity index (χ1v) is 9.53. The van der Waals surface area contributed by atoms with Gasteiger partial charge in [-0.25, -0.2) is 13.4 Å². The summed E-state index contributed by atoms with van der Waals surface area (Å²) in [4.78, 5) is 17.9. The fraction of sp³-hybridized carbons (Fsp3) is 0.733. The van der Waals surface area contributed by atoms with Crippen molar-refractivity contribution in [2.45, 2.75) is 55.6 Å². The van der Waals surface area contributed by atoms with E-state index >= 15 is 0 Å². The Kier molecular flexibility index (Phi) is 4.00. The molecule has 8 heteroatoms. The number of aromatic nitrogens is 2. The van der Waals surface area contributed by atoms with E-state index in [1.165, 1.54) is 12.5 Å². The van der Waals surface area contributed by atoms with Crippen LogP contribution in [0.2, 0.25) is 0 Å². The zero-order chi connectivity index (χ0) is 16.8. The number of nitrogens with zero attached hydrogens (tertiary/aromatic N) is 4. The van der Waals surface area contributed by atoms with Crippen LogP contribution in [-0.2, 0) is 21.9 Å². The number of likely N-dealkylation sites (tertiary alicyclic amines) is 1. The summed E-state index contributed by atoms with van der Waals surface area (Å²) in [7, 11) is -0.0746. The normalized spacial score (nSPS) is 29.6. The van der Waals surface area contributed by atoms with Crippen LogP contribution < -0.4 is 0 Å². The number of hydrogen-bond acceptors (Lipinski definition) is 4. The van der Waals surface area contributed by atoms with Crippen LogP contribution in [0.25, 0.3) is 0 Å². The molecule has 2 atom stereocenters. The molecule has 1 amide bonds. The molecule has 2 aliphatic heterocycles. The number of carbonyl (C=O) groups is 1. The first-order valence-electron chi connectivity index (χ1n) is 8.09. The molecule has 0 N–H and O–H groups in total. The van der Waals surface area contributed by atoms with Crippen molar-refractivity contribution in [1.29, 1.82) is 0 Å². The van der Waals surface area contributed by atoms with E-state index in [-0.39, 0.29) is 22.5 Å². The van der Waals surface area contributed by atoms with Gasteiger partial charge in [-0.3, -0.25) is 4.79 Å². The van der Waals surface area contributed by atoms with Gasteiger partial charge >= 0.3 is 0 Å². The molecule has 1 spiro atoms. The van der Waals surface area contributed by atoms with Gasteiger partial charge in [0.2, 0.25) is 5.91 Å². The topological polar surface area (TPSA) is 75.5 Å². The van der Waals surface area contributed by atoms with Crippen LogP contribution in [-0.4, -0.2) is 58.3 Å². The Balaban J connectivity index is 2.01. The summed E-state index contributed by atoms with van der Waals surface area (Å²) >= 11 is 0. The summed E-state index contributed by atoms with van der Waals surface area (Å²) in [6, 6.07) is -0.195. The van der Waals surface area contributed by atoms with Gasteiger partial charge in [0.15, 0.2) is 5.03 Å². The molecule has 3 rings (SSSR count). The molecule has 23 heavy (non-hydrogen) atoms. The van der Waals surface area contributed by atoms with Crippen LogP contribution in [0.5, 0.6) is 0 Å². The van der Waals surface area contributed by atoms with Crippen molar-refractivity contribution in [2.24, 2.45) is 7.05 Å². The Morgan fingerprint density at radius 2 is 2.09 bits per heavy atom. The summed E-state index contributed by atoms with van der Waals surface area (Å²) in [5.74, 6) is 0.112. The van der Waals surface area contributed by atoms with Crippen molar-refractivity contribution in [3.8, 4) is 0 Å². The minimum absolute atomic E-state index is 0.0856. The molecule has 0 aliphatic carbocycles. The molecule has 128 valence electrons. The molecular weight excluding hydrogens is 316 g/mol. The van der Waals surface area contributed by atoms with Crippen molar-refractivity contribution < 1.29 is 13.2 Å². The average Bonchev–Trinajstić information content (AvgIpc) is 3.08. The Morgan fingerprint density at radius 3 is 2.61 bits per heavy atom. The van der Waals surface area contributed by atoms with E-state index < -0.39 is 10.0 Å². The standard InChI is InChI=1S/C15H24N4O3S/c1-4-12-15(8-6-14(20)18(15)3)7-5-9-19(12)23(21,22)13-10-17(2)11-16-13/h10-12H,4-9H2,1-3H3/t12-,15-/m0/s1. The monoisotopic (exact) mass is 340 g/mol. The second-order valence-electron chi connectivity index (χ2n) is 6.58. The number of carbonyl (C=O) groups excluding carboxylic acids is 1. The minimum Gasteiger partial charge on any atom is -0.339 e. The lowest BCUT2D eigenvalue weighted by Crippen LogP contribution is -2.63. The quantitative estimate of drug-likeness (QED) is 0.822. The number of likely N-dealkylation sites (N-methyl/N-ethyl adjacent to an activating group) is 1. The van der Waals surface area contributed by atoms with Crippen molar-refractivity contribution in [2.75, 3.05) is 13.6 Å². The van der Waals surface area contributed by atoms with Crippen LogP contribution in [0.3, 0.4) is 0 Å². The van der Waals surface area contributed by atoms with Gasteiger partial charge in [0.25, 0.3) is 10.0 Å². The highest BCUT2D eigenvalue weighted by Crippen LogP contribution is 2.43. The number of rotatable bonds is 3. The Labute approximate surface area is 137 Å². The predicted octanol–water partition coefficient (Wildman–Crippen LogP) is 0.974. The molecule has 0 aromatic carbocycles. The van der Waals surface area contributed by atoms with Gasteiger partial charge in [0.1, 0.15) is 0 Å². The van der Waals surface area contributed by atoms with Crippen LogP contribution in [0.4, 0.5) is 0 Å². The van der Waals surface area contributed by atoms with Crippen LogP contribution in [0.1, 0.15) is 39.0 Å². The molecule has 0 bridgehead atoms. The van der Waals surface area contributed by atoms with Gasteiger partial charge in [-0.1, -0.05) is 6.92 Å². The Hall–Kier alpha value is -1.41. The number of piperidine rings is 1. The molecule has 1 aromatic heterocycles. The summed E-state index contributed by atoms with van der Waals surface area (Å²) in [6.07, 6.45) is 6.58. The van der Waals surface area contributed by atoms with E-state index in [9.17, 15) is 13.2 Å². The van der Waals surface area contributed by atoms with E-state index in [0.29, 0.717) is 19.4 Å². The second kappa shape index (κ2) is 5.59. The third kappa shape index (κ3) is 2.39. The number of amides is 1. The highest BCUT2D eigenvalue weighted by Gasteiger charge is 2.54. The number of hydrogen-bond donors (Lipinski definition) is 0. The van der Waals surface area contributed by atoms with Gasteiger partial charge in [-0.2, -0.15) is 4.31 Å². The molecule has 1 aromatic rings. The largest absolute Gasteiger partial charge is 0.339 e. The highest BCUT2D eigenvalue weighted by molar-refractivity contribution is 7.89. The Morgan fingerprint density at radius 1 is 1.35 bits per heavy atom. The molecule has 7 nitrogen and oxygen atoms in total. The highest BCUT2D eigenvalue weighted by atomic mass is 32.2. The minimum atomic E-state index is -3.64. The predicted molar refractivity (Wildman–Crippen MR) is 85.1 cm³/mol. The second-order valence-corrected chi connectivity index (χ2v) is 8.41. The fourth-order valence-corrected chi connectivity index (χ4v) is 6.00. The molecule has 2 aliphatic rings. The molecule has 0 radical (unpaired) electrons. The Bertz CT molecular complexity index is 714. The van der Waals surface area contributed by atoms with Crippen LogP contribution >= 0.6 is 0 Å². The number of imidazole rings is 1. The van der Waals surface area contributed by atoms with Gasteiger partial charge in [-0.15, -0.1) is 0 Å². The van der Waals surface area contributed by atoms with E-state index in [4.69, 9.17) is 0 Å². The zero-order valence-corrected chi connectivity index (χ0v) is 14.7. The molecule has 0 unspecified atom stereocenters. The summed E-state index contributed by atoms with van der Waals surface area (Å²) in [6.45, 7) is 2.48. The van der Waals surface area contributed by atoms with Crippen molar-refractivity contribution in [3.63, 3.8) is 0 Å². The van der Waals surface area contributed by atoms with E-state index in [1.54, 1.807) is 20.8 Å². The fourth-order valence-electron chi connectivity index (χ4n) is 4.23. The lowest BCUT2D eigenvalue weighted by molar-refractivity contribution is -0.131. The lowest BCUT2D eigenvalue weighted by atomic mass is 9.79. The average molecular weight is 340 g/mol. The number of sulfonamides is 1. The molecule has 0 saturated carbocycles. The van der Waals surface area contributed by atoms with Gasteiger partial charge < -0.3 is 9.47 Å². The first kappa shape index (κ1) is 16.4. The van der Waals surface area contributed by atoms with E-state index in [2.05, 4.69) is 4.98 Å². The van der Waals surface area contributed by atoms with E-state index in [1.807, 2.05) is 14.0 Å². The smallest absolute Gasteiger partial charge is 0.262 e. The zero-order valence-electron chi connectivity index (χ0n) is 13.9. The first-order chi connectivity index (χ1) is 10.8. The van der Waals surface area contributed by atoms with Gasteiger partial charge in [0, 0.05) is 39.3 Å². The third-order valence-corrected chi connectivity index (χ3v) is 7.20. The molecule has 3 heterocycles. The van der Waals surface area contributed by atoms with E-state index in [0.717, 1.165) is 19.3 Å². The number of aryl methyl sites for hydroxylation is 1. The summed E-state index contributed by atoms with van der Waals surface area (Å²) in [5, 5.41) is 0.0856. The maximum Gasteiger partial charge on any atom is 0.262 e. The third-order valence-electron chi connectivity index (χ3n) is 5.41. The van der Waals surface area contributed by atoms with Gasteiger partial charge in [0.05, 0.1) is 11.9 Å². The molecule has 2 saturated heterocycles. The summed E-state index contributed by atoms with van der Waals surface area (Å²) in [5.41, 5.74) is -0.369. The van der Waals surface area contributed by atoms with Crippen LogP contribution in [0, 0.1) is 0 Å². The lowest BCUT2D eigenvalue weighted by Gasteiger charge is -2.50. The van der Waals surface area contributed by atoms with Crippen molar-refractivity contribution in [3.05, 3.63) is 12.5 Å². The molecule has 2 fully saturated rings. The SMILES string of the molecule is CC[C@@H]1N(S(=O)(=O)c2cn(C)cn2)CCC[C@]12CCC(=O)N2C. The summed E-state index contributed by atoms with van der Waals surface area (Å²) < 4.78 is 29.3. The van der Waals surface area contributed by atoms with Gasteiger partial charge in [-0.05, 0) is 25.7 Å².